The van der Waals surface area contributed by atoms with Crippen LogP contribution >= 0.6 is 0 Å². The predicted molar refractivity (Wildman–Crippen MR) is 38.9 cm³/mol. The van der Waals surface area contributed by atoms with Gasteiger partial charge >= 0.3 is 51.4 Å². The third kappa shape index (κ3) is 1.83. The molecule has 0 aromatic carbocycles. The van der Waals surface area contributed by atoms with Crippen LogP contribution in [0, 0.1) is 6.42 Å². The summed E-state index contributed by atoms with van der Waals surface area (Å²) >= 11 is 0. The Hall–Kier alpha value is 1.12. The minimum Gasteiger partial charge on any atom is -0.320 e. The zero-order valence-electron chi connectivity index (χ0n) is 6.56. The minimum absolute atomic E-state index is 0. The fourth-order valence-corrected chi connectivity index (χ4v) is 1.61. The standard InChI is InChI=1S/C9H11.K/c1-2-5-9-7-3-6-8(9)4-1;/h1,3-4H,2,5-7H2;/q-1;+1. The average Bonchev–Trinajstić information content (AvgIpc) is 2.33. The summed E-state index contributed by atoms with van der Waals surface area (Å²) in [6.07, 6.45) is 12.0. The summed E-state index contributed by atoms with van der Waals surface area (Å²) in [5.41, 5.74) is 3.29. The van der Waals surface area contributed by atoms with Gasteiger partial charge in [-0.3, -0.25) is 0 Å². The number of hydrogen-bond acceptors (Lipinski definition) is 0. The molecular formula is C9H11K. The van der Waals surface area contributed by atoms with E-state index in [1.807, 2.05) is 0 Å². The van der Waals surface area contributed by atoms with Crippen molar-refractivity contribution in [2.45, 2.75) is 25.7 Å². The first-order chi connectivity index (χ1) is 4.47. The molecule has 2 aliphatic rings. The first-order valence-electron chi connectivity index (χ1n) is 3.66. The van der Waals surface area contributed by atoms with E-state index in [4.69, 9.17) is 0 Å². The molecule has 0 radical (unpaired) electrons. The first kappa shape index (κ1) is 9.21. The molecule has 2 aliphatic carbocycles. The van der Waals surface area contributed by atoms with Gasteiger partial charge in [0, 0.05) is 0 Å². The molecule has 0 aromatic rings. The van der Waals surface area contributed by atoms with Crippen LogP contribution in [0.4, 0.5) is 0 Å². The quantitative estimate of drug-likeness (QED) is 0.333. The second kappa shape index (κ2) is 4.22. The smallest absolute Gasteiger partial charge is 0.320 e. The van der Waals surface area contributed by atoms with E-state index in [-0.39, 0.29) is 51.4 Å². The SMILES string of the molecule is C1=CC2=C(C[CH-]C2)CC1.[K+]. The molecule has 0 atom stereocenters. The molecule has 0 heterocycles. The first-order valence-corrected chi connectivity index (χ1v) is 3.66. The van der Waals surface area contributed by atoms with E-state index in [9.17, 15) is 0 Å². The number of rotatable bonds is 0. The van der Waals surface area contributed by atoms with Gasteiger partial charge in [0.2, 0.25) is 0 Å². The number of hydrogen-bond donors (Lipinski definition) is 0. The third-order valence-electron chi connectivity index (χ3n) is 2.14. The molecule has 48 valence electrons. The van der Waals surface area contributed by atoms with Gasteiger partial charge in [-0.15, -0.1) is 0 Å². The normalized spacial score (nSPS) is 22.4. The number of allylic oxidation sites excluding steroid dienone is 4. The molecule has 2 rings (SSSR count). The van der Waals surface area contributed by atoms with E-state index < -0.39 is 0 Å². The maximum absolute atomic E-state index is 2.38. The zero-order chi connectivity index (χ0) is 6.10. The molecular weight excluding hydrogens is 147 g/mol. The van der Waals surface area contributed by atoms with E-state index in [0.29, 0.717) is 0 Å². The Labute approximate surface area is 105 Å². The summed E-state index contributed by atoms with van der Waals surface area (Å²) in [5, 5.41) is 0. The van der Waals surface area contributed by atoms with Crippen molar-refractivity contribution in [2.24, 2.45) is 0 Å². The maximum atomic E-state index is 2.38. The Kier molecular flexibility index (Phi) is 3.88. The molecule has 0 nitrogen and oxygen atoms in total. The maximum Gasteiger partial charge on any atom is 1.00 e. The Balaban J connectivity index is 0.000000500. The summed E-state index contributed by atoms with van der Waals surface area (Å²) in [4.78, 5) is 0. The van der Waals surface area contributed by atoms with E-state index in [0.717, 1.165) is 0 Å². The minimum atomic E-state index is 0. The molecule has 0 unspecified atom stereocenters. The van der Waals surface area contributed by atoms with Gasteiger partial charge in [-0.05, 0) is 12.8 Å². The van der Waals surface area contributed by atoms with Gasteiger partial charge in [-0.1, -0.05) is 23.3 Å². The second-order valence-corrected chi connectivity index (χ2v) is 2.77. The zero-order valence-corrected chi connectivity index (χ0v) is 9.68. The van der Waals surface area contributed by atoms with E-state index >= 15 is 0 Å². The molecule has 0 bridgehead atoms. The van der Waals surface area contributed by atoms with E-state index in [2.05, 4.69) is 18.6 Å². The van der Waals surface area contributed by atoms with Gasteiger partial charge in [0.05, 0.1) is 0 Å². The summed E-state index contributed by atoms with van der Waals surface area (Å²) in [6, 6.07) is 0. The van der Waals surface area contributed by atoms with Gasteiger partial charge in [0.15, 0.2) is 0 Å². The predicted octanol–water partition coefficient (Wildman–Crippen LogP) is -0.365. The molecule has 0 aliphatic heterocycles. The summed E-state index contributed by atoms with van der Waals surface area (Å²) in [7, 11) is 0. The average molecular weight is 158 g/mol. The van der Waals surface area contributed by atoms with Crippen molar-refractivity contribution in [3.63, 3.8) is 0 Å². The fourth-order valence-electron chi connectivity index (χ4n) is 1.61. The fraction of sp³-hybridized carbons (Fsp3) is 0.444. The molecule has 0 saturated carbocycles. The van der Waals surface area contributed by atoms with Crippen molar-refractivity contribution < 1.29 is 51.4 Å². The van der Waals surface area contributed by atoms with Crippen molar-refractivity contribution in [3.05, 3.63) is 29.7 Å². The van der Waals surface area contributed by atoms with Crippen molar-refractivity contribution in [3.8, 4) is 0 Å². The van der Waals surface area contributed by atoms with Gasteiger partial charge in [0.1, 0.15) is 0 Å². The Morgan fingerprint density at radius 2 is 2.20 bits per heavy atom. The Morgan fingerprint density at radius 1 is 1.30 bits per heavy atom. The molecule has 0 saturated heterocycles. The van der Waals surface area contributed by atoms with Crippen LogP contribution in [-0.4, -0.2) is 0 Å². The molecule has 0 aromatic heterocycles. The van der Waals surface area contributed by atoms with Crippen LogP contribution in [0.5, 0.6) is 0 Å². The Morgan fingerprint density at radius 3 is 3.00 bits per heavy atom. The van der Waals surface area contributed by atoms with E-state index in [1.54, 1.807) is 11.1 Å². The molecule has 1 heteroatoms. The monoisotopic (exact) mass is 158 g/mol. The van der Waals surface area contributed by atoms with Crippen LogP contribution < -0.4 is 51.4 Å². The topological polar surface area (TPSA) is 0 Å². The van der Waals surface area contributed by atoms with Crippen molar-refractivity contribution in [1.82, 2.24) is 0 Å². The van der Waals surface area contributed by atoms with Crippen molar-refractivity contribution in [1.29, 1.82) is 0 Å². The molecule has 0 amide bonds. The van der Waals surface area contributed by atoms with Crippen LogP contribution in [0.15, 0.2) is 23.3 Å². The van der Waals surface area contributed by atoms with Crippen LogP contribution in [-0.2, 0) is 0 Å². The van der Waals surface area contributed by atoms with Gasteiger partial charge in [-0.25, -0.2) is 0 Å². The molecule has 0 spiro atoms. The van der Waals surface area contributed by atoms with Crippen LogP contribution in [0.1, 0.15) is 25.7 Å². The summed E-state index contributed by atoms with van der Waals surface area (Å²) in [5.74, 6) is 0. The molecule has 10 heavy (non-hydrogen) atoms. The largest absolute Gasteiger partial charge is 1.00 e. The van der Waals surface area contributed by atoms with Crippen LogP contribution in [0.3, 0.4) is 0 Å². The van der Waals surface area contributed by atoms with Gasteiger partial charge in [0.25, 0.3) is 0 Å². The van der Waals surface area contributed by atoms with Gasteiger partial charge < -0.3 is 6.42 Å². The third-order valence-corrected chi connectivity index (χ3v) is 2.14. The van der Waals surface area contributed by atoms with Crippen LogP contribution in [0.2, 0.25) is 0 Å². The molecule has 0 N–H and O–H groups in total. The summed E-state index contributed by atoms with van der Waals surface area (Å²) in [6.45, 7) is 0. The van der Waals surface area contributed by atoms with Crippen molar-refractivity contribution in [2.75, 3.05) is 0 Å². The van der Waals surface area contributed by atoms with E-state index in [1.165, 1.54) is 25.7 Å². The van der Waals surface area contributed by atoms with Crippen molar-refractivity contribution >= 4 is 0 Å². The second-order valence-electron chi connectivity index (χ2n) is 2.77. The summed E-state index contributed by atoms with van der Waals surface area (Å²) < 4.78 is 0. The van der Waals surface area contributed by atoms with Crippen LogP contribution in [0.25, 0.3) is 0 Å². The van der Waals surface area contributed by atoms with Gasteiger partial charge in [-0.2, -0.15) is 12.8 Å². The molecule has 0 fully saturated rings. The Bertz CT molecular complexity index is 177.